The number of nitrogens with one attached hydrogen (secondary N) is 1. The minimum Gasteiger partial charge on any atom is -0.460 e. The third-order valence-electron chi connectivity index (χ3n) is 5.31. The molecule has 2 aromatic carbocycles. The smallest absolute Gasteiger partial charge is 0.313 e. The van der Waals surface area contributed by atoms with Crippen molar-refractivity contribution in [3.63, 3.8) is 0 Å². The Balaban J connectivity index is 1.64. The Kier molecular flexibility index (Phi) is 5.84. The Morgan fingerprint density at radius 1 is 1.12 bits per heavy atom. The number of anilines is 1. The highest BCUT2D eigenvalue weighted by molar-refractivity contribution is 6.07. The van der Waals surface area contributed by atoms with Crippen LogP contribution in [0.2, 0.25) is 0 Å². The normalized spacial score (nSPS) is 18.4. The van der Waals surface area contributed by atoms with Gasteiger partial charge in [0.1, 0.15) is 23.4 Å². The number of aromatic nitrogens is 1. The standard InChI is InChI=1S/C25H24FN3O4/c1-25(2,3)33-24(32)17-14-29(20-11-7-5-9-18(20)26)23(31)21(17)28-22(30)16-12-15-8-4-6-10-19(15)27-13-16/h4-13,17,21H,14H2,1-3H3,(H,28,30)/t17-,21-/m0/s1. The predicted molar refractivity (Wildman–Crippen MR) is 121 cm³/mol. The van der Waals surface area contributed by atoms with Crippen LogP contribution in [0.25, 0.3) is 10.9 Å². The van der Waals surface area contributed by atoms with E-state index in [1.54, 1.807) is 32.9 Å². The number of esters is 1. The van der Waals surface area contributed by atoms with E-state index in [4.69, 9.17) is 4.74 Å². The molecule has 1 N–H and O–H groups in total. The molecule has 1 aliphatic rings. The van der Waals surface area contributed by atoms with Crippen molar-refractivity contribution >= 4 is 34.4 Å². The van der Waals surface area contributed by atoms with Crippen LogP contribution in [0.3, 0.4) is 0 Å². The number of hydrogen-bond donors (Lipinski definition) is 1. The summed E-state index contributed by atoms with van der Waals surface area (Å²) in [5, 5.41) is 3.42. The molecule has 0 radical (unpaired) electrons. The molecule has 1 aliphatic heterocycles. The van der Waals surface area contributed by atoms with Gasteiger partial charge in [0.15, 0.2) is 0 Å². The van der Waals surface area contributed by atoms with Gasteiger partial charge in [-0.2, -0.15) is 0 Å². The highest BCUT2D eigenvalue weighted by Gasteiger charge is 2.48. The fourth-order valence-electron chi connectivity index (χ4n) is 3.79. The van der Waals surface area contributed by atoms with Gasteiger partial charge in [0.25, 0.3) is 11.8 Å². The average Bonchev–Trinajstić information content (AvgIpc) is 3.08. The zero-order valence-electron chi connectivity index (χ0n) is 18.5. The molecule has 8 heteroatoms. The van der Waals surface area contributed by atoms with Crippen molar-refractivity contribution in [1.29, 1.82) is 0 Å². The van der Waals surface area contributed by atoms with Crippen LogP contribution < -0.4 is 10.2 Å². The van der Waals surface area contributed by atoms with E-state index in [2.05, 4.69) is 10.3 Å². The highest BCUT2D eigenvalue weighted by Crippen LogP contribution is 2.29. The Morgan fingerprint density at radius 2 is 1.82 bits per heavy atom. The topological polar surface area (TPSA) is 88.6 Å². The van der Waals surface area contributed by atoms with Crippen LogP contribution in [0.1, 0.15) is 31.1 Å². The molecule has 0 spiro atoms. The first-order chi connectivity index (χ1) is 15.6. The van der Waals surface area contributed by atoms with Crippen molar-refractivity contribution in [2.75, 3.05) is 11.4 Å². The van der Waals surface area contributed by atoms with Crippen molar-refractivity contribution < 1.29 is 23.5 Å². The molecule has 2 amide bonds. The van der Waals surface area contributed by atoms with Gasteiger partial charge in [-0.15, -0.1) is 0 Å². The summed E-state index contributed by atoms with van der Waals surface area (Å²) in [5.41, 5.74) is 0.222. The molecule has 33 heavy (non-hydrogen) atoms. The number of ether oxygens (including phenoxy) is 1. The van der Waals surface area contributed by atoms with Crippen molar-refractivity contribution in [1.82, 2.24) is 10.3 Å². The van der Waals surface area contributed by atoms with Crippen LogP contribution in [-0.4, -0.2) is 41.0 Å². The molecule has 1 saturated heterocycles. The molecule has 2 atom stereocenters. The Morgan fingerprint density at radius 3 is 2.55 bits per heavy atom. The second kappa shape index (κ2) is 8.61. The molecule has 170 valence electrons. The molecular weight excluding hydrogens is 425 g/mol. The predicted octanol–water partition coefficient (Wildman–Crippen LogP) is 3.48. The Hall–Kier alpha value is -3.81. The largest absolute Gasteiger partial charge is 0.460 e. The molecule has 0 unspecified atom stereocenters. The van der Waals surface area contributed by atoms with Crippen molar-refractivity contribution in [2.24, 2.45) is 5.92 Å². The summed E-state index contributed by atoms with van der Waals surface area (Å²) in [6.45, 7) is 5.02. The number of carbonyl (C=O) groups excluding carboxylic acids is 3. The lowest BCUT2D eigenvalue weighted by Crippen LogP contribution is -2.47. The molecule has 7 nitrogen and oxygen atoms in total. The Labute approximate surface area is 190 Å². The number of amides is 2. The van der Waals surface area contributed by atoms with Gasteiger partial charge in [-0.05, 0) is 45.0 Å². The van der Waals surface area contributed by atoms with Crippen LogP contribution in [0.5, 0.6) is 0 Å². The molecule has 0 aliphatic carbocycles. The maximum atomic E-state index is 14.4. The zero-order chi connectivity index (χ0) is 23.8. The summed E-state index contributed by atoms with van der Waals surface area (Å²) in [6, 6.07) is 13.6. The number of rotatable bonds is 4. The molecule has 2 heterocycles. The number of halogens is 1. The summed E-state index contributed by atoms with van der Waals surface area (Å²) in [5.74, 6) is -3.39. The summed E-state index contributed by atoms with van der Waals surface area (Å²) < 4.78 is 19.9. The fraction of sp³-hybridized carbons (Fsp3) is 0.280. The number of para-hydroxylation sites is 2. The molecule has 0 saturated carbocycles. The van der Waals surface area contributed by atoms with Crippen LogP contribution in [-0.2, 0) is 14.3 Å². The maximum absolute atomic E-state index is 14.4. The fourth-order valence-corrected chi connectivity index (χ4v) is 3.79. The molecular formula is C25H24FN3O4. The lowest BCUT2D eigenvalue weighted by Gasteiger charge is -2.24. The molecule has 0 bridgehead atoms. The van der Waals surface area contributed by atoms with Crippen LogP contribution in [0.15, 0.2) is 60.8 Å². The van der Waals surface area contributed by atoms with E-state index in [0.29, 0.717) is 0 Å². The van der Waals surface area contributed by atoms with Crippen molar-refractivity contribution in [3.05, 3.63) is 72.2 Å². The van der Waals surface area contributed by atoms with Gasteiger partial charge in [0.05, 0.1) is 16.8 Å². The Bertz CT molecular complexity index is 1240. The third-order valence-corrected chi connectivity index (χ3v) is 5.31. The first kappa shape index (κ1) is 22.4. The minimum atomic E-state index is -1.21. The van der Waals surface area contributed by atoms with Gasteiger partial charge in [0.2, 0.25) is 0 Å². The maximum Gasteiger partial charge on any atom is 0.313 e. The molecule has 3 aromatic rings. The molecule has 1 fully saturated rings. The van der Waals surface area contributed by atoms with Gasteiger partial charge in [-0.25, -0.2) is 4.39 Å². The number of fused-ring (bicyclic) bond motifs is 1. The number of hydrogen-bond acceptors (Lipinski definition) is 5. The lowest BCUT2D eigenvalue weighted by atomic mass is 10.0. The van der Waals surface area contributed by atoms with E-state index in [9.17, 15) is 18.8 Å². The second-order valence-electron chi connectivity index (χ2n) is 8.91. The van der Waals surface area contributed by atoms with Gasteiger partial charge >= 0.3 is 5.97 Å². The lowest BCUT2D eigenvalue weighted by molar-refractivity contribution is -0.160. The highest BCUT2D eigenvalue weighted by atomic mass is 19.1. The quantitative estimate of drug-likeness (QED) is 0.616. The number of nitrogens with zero attached hydrogens (tertiary/aromatic N) is 2. The van der Waals surface area contributed by atoms with Gasteiger partial charge < -0.3 is 15.0 Å². The number of pyridine rings is 1. The van der Waals surface area contributed by atoms with Crippen LogP contribution in [0, 0.1) is 11.7 Å². The summed E-state index contributed by atoms with van der Waals surface area (Å²) >= 11 is 0. The summed E-state index contributed by atoms with van der Waals surface area (Å²) in [4.78, 5) is 44.6. The van der Waals surface area contributed by atoms with Crippen LogP contribution >= 0.6 is 0 Å². The average molecular weight is 449 g/mol. The first-order valence-electron chi connectivity index (χ1n) is 10.6. The summed E-state index contributed by atoms with van der Waals surface area (Å²) in [7, 11) is 0. The van der Waals surface area contributed by atoms with E-state index in [1.165, 1.54) is 29.3 Å². The van der Waals surface area contributed by atoms with E-state index < -0.39 is 41.2 Å². The van der Waals surface area contributed by atoms with E-state index >= 15 is 0 Å². The van der Waals surface area contributed by atoms with Gasteiger partial charge in [-0.1, -0.05) is 30.3 Å². The van der Waals surface area contributed by atoms with E-state index in [0.717, 1.165) is 10.9 Å². The molecule has 4 rings (SSSR count). The SMILES string of the molecule is CC(C)(C)OC(=O)[C@H]1CN(c2ccccc2F)C(=O)[C@H]1NC(=O)c1cnc2ccccc2c1. The van der Waals surface area contributed by atoms with Crippen molar-refractivity contribution in [2.45, 2.75) is 32.4 Å². The minimum absolute atomic E-state index is 0.0418. The van der Waals surface area contributed by atoms with E-state index in [1.807, 2.05) is 24.3 Å². The zero-order valence-corrected chi connectivity index (χ0v) is 18.5. The monoisotopic (exact) mass is 449 g/mol. The van der Waals surface area contributed by atoms with Crippen molar-refractivity contribution in [3.8, 4) is 0 Å². The second-order valence-corrected chi connectivity index (χ2v) is 8.91. The first-order valence-corrected chi connectivity index (χ1v) is 10.6. The number of carbonyl (C=O) groups is 3. The van der Waals surface area contributed by atoms with Gasteiger partial charge in [-0.3, -0.25) is 19.4 Å². The third kappa shape index (κ3) is 4.69. The number of benzene rings is 2. The van der Waals surface area contributed by atoms with Gasteiger partial charge in [0, 0.05) is 18.1 Å². The van der Waals surface area contributed by atoms with Crippen LogP contribution in [0.4, 0.5) is 10.1 Å². The van der Waals surface area contributed by atoms with E-state index in [-0.39, 0.29) is 17.8 Å². The molecule has 1 aromatic heterocycles. The summed E-state index contributed by atoms with van der Waals surface area (Å²) in [6.07, 6.45) is 1.41.